The molecule has 0 aromatic heterocycles. The van der Waals surface area contributed by atoms with Crippen molar-refractivity contribution >= 4 is 17.5 Å². The fourth-order valence-electron chi connectivity index (χ4n) is 2.64. The molecule has 2 aromatic rings. The summed E-state index contributed by atoms with van der Waals surface area (Å²) in [4.78, 5) is 24.7. The van der Waals surface area contributed by atoms with Crippen LogP contribution in [0.4, 0.5) is 27.6 Å². The third kappa shape index (κ3) is 1.95. The van der Waals surface area contributed by atoms with E-state index in [9.17, 15) is 31.5 Å². The van der Waals surface area contributed by atoms with Crippen LogP contribution in [0.5, 0.6) is 0 Å². The first-order chi connectivity index (χ1) is 11.3. The molecule has 0 saturated heterocycles. The molecule has 1 aliphatic heterocycles. The largest absolute Gasteiger partial charge is 0.268 e. The monoisotopic (exact) mass is 341 g/mol. The third-order valence-electron chi connectivity index (χ3n) is 3.79. The number of rotatable bonds is 2. The van der Waals surface area contributed by atoms with Crippen LogP contribution >= 0.6 is 0 Å². The molecule has 124 valence electrons. The normalized spacial score (nSPS) is 13.7. The average Bonchev–Trinajstić information content (AvgIpc) is 2.83. The lowest BCUT2D eigenvalue weighted by Gasteiger charge is -2.16. The van der Waals surface area contributed by atoms with Gasteiger partial charge in [0.25, 0.3) is 11.8 Å². The van der Waals surface area contributed by atoms with Crippen LogP contribution in [0.1, 0.15) is 33.2 Å². The number of halogens is 5. The van der Waals surface area contributed by atoms with Gasteiger partial charge in [-0.3, -0.25) is 9.59 Å². The number of hydrogen-bond donors (Lipinski definition) is 0. The van der Waals surface area contributed by atoms with E-state index in [1.165, 1.54) is 18.2 Å². The molecular weight excluding hydrogens is 333 g/mol. The van der Waals surface area contributed by atoms with Crippen LogP contribution in [0.3, 0.4) is 0 Å². The highest BCUT2D eigenvalue weighted by Crippen LogP contribution is 2.36. The molecule has 0 N–H and O–H groups in total. The first kappa shape index (κ1) is 16.1. The molecule has 2 aromatic carbocycles. The molecule has 0 aliphatic carbocycles. The van der Waals surface area contributed by atoms with Gasteiger partial charge in [0.1, 0.15) is 5.69 Å². The van der Waals surface area contributed by atoms with Crippen LogP contribution in [0.25, 0.3) is 0 Å². The Labute approximate surface area is 132 Å². The Morgan fingerprint density at radius 3 is 1.92 bits per heavy atom. The van der Waals surface area contributed by atoms with Crippen LogP contribution in [-0.2, 0) is 6.42 Å². The molecule has 0 spiro atoms. The molecule has 0 atom stereocenters. The zero-order valence-corrected chi connectivity index (χ0v) is 12.1. The molecule has 0 bridgehead atoms. The van der Waals surface area contributed by atoms with Crippen molar-refractivity contribution in [2.75, 3.05) is 4.90 Å². The summed E-state index contributed by atoms with van der Waals surface area (Å²) in [6, 6.07) is 4.25. The molecular formula is C16H8F5NO2. The predicted molar refractivity (Wildman–Crippen MR) is 73.2 cm³/mol. The fourth-order valence-corrected chi connectivity index (χ4v) is 2.64. The molecule has 3 rings (SSSR count). The summed E-state index contributed by atoms with van der Waals surface area (Å²) in [6.45, 7) is 1.69. The van der Waals surface area contributed by atoms with Gasteiger partial charge in [-0.05, 0) is 18.1 Å². The van der Waals surface area contributed by atoms with Crippen molar-refractivity contribution in [1.29, 1.82) is 0 Å². The first-order valence-corrected chi connectivity index (χ1v) is 6.83. The standard InChI is InChI=1S/C16H8F5NO2/c1-2-6-4-3-5-7-8(6)16(24)22(15(7)23)14-12(20)10(18)9(17)11(19)13(14)21/h3-5H,2H2,1H3. The second kappa shape index (κ2) is 5.40. The zero-order valence-electron chi connectivity index (χ0n) is 12.1. The molecule has 24 heavy (non-hydrogen) atoms. The minimum atomic E-state index is -2.36. The number of imide groups is 1. The number of carbonyl (C=O) groups excluding carboxylic acids is 2. The van der Waals surface area contributed by atoms with E-state index < -0.39 is 46.6 Å². The Kier molecular flexibility index (Phi) is 3.62. The molecule has 1 heterocycles. The van der Waals surface area contributed by atoms with Crippen molar-refractivity contribution in [3.05, 3.63) is 64.0 Å². The van der Waals surface area contributed by atoms with Crippen LogP contribution < -0.4 is 4.90 Å². The molecule has 0 unspecified atom stereocenters. The quantitative estimate of drug-likeness (QED) is 0.361. The maximum absolute atomic E-state index is 13.9. The van der Waals surface area contributed by atoms with Gasteiger partial charge in [0.2, 0.25) is 5.82 Å². The van der Waals surface area contributed by atoms with Gasteiger partial charge < -0.3 is 0 Å². The van der Waals surface area contributed by atoms with E-state index in [-0.39, 0.29) is 16.0 Å². The Morgan fingerprint density at radius 2 is 1.38 bits per heavy atom. The summed E-state index contributed by atoms with van der Waals surface area (Å²) >= 11 is 0. The van der Waals surface area contributed by atoms with Gasteiger partial charge in [0, 0.05) is 0 Å². The van der Waals surface area contributed by atoms with Gasteiger partial charge in [0.15, 0.2) is 23.3 Å². The number of fused-ring (bicyclic) bond motifs is 1. The van der Waals surface area contributed by atoms with E-state index in [2.05, 4.69) is 0 Å². The van der Waals surface area contributed by atoms with Crippen molar-refractivity contribution in [1.82, 2.24) is 0 Å². The summed E-state index contributed by atoms with van der Waals surface area (Å²) in [5, 5.41) is 0. The van der Waals surface area contributed by atoms with E-state index in [0.29, 0.717) is 12.0 Å². The van der Waals surface area contributed by atoms with Gasteiger partial charge >= 0.3 is 0 Å². The molecule has 0 radical (unpaired) electrons. The lowest BCUT2D eigenvalue weighted by Crippen LogP contribution is -2.32. The molecule has 0 saturated carbocycles. The molecule has 8 heteroatoms. The third-order valence-corrected chi connectivity index (χ3v) is 3.79. The number of carbonyl (C=O) groups is 2. The van der Waals surface area contributed by atoms with Crippen LogP contribution in [-0.4, -0.2) is 11.8 Å². The van der Waals surface area contributed by atoms with Crippen molar-refractivity contribution in [3.8, 4) is 0 Å². The lowest BCUT2D eigenvalue weighted by atomic mass is 10.0. The first-order valence-electron chi connectivity index (χ1n) is 6.83. The summed E-state index contributed by atoms with van der Waals surface area (Å²) in [5.74, 6) is -13.6. The van der Waals surface area contributed by atoms with E-state index >= 15 is 0 Å². The second-order valence-electron chi connectivity index (χ2n) is 5.06. The van der Waals surface area contributed by atoms with Crippen LogP contribution in [0, 0.1) is 29.1 Å². The minimum absolute atomic E-state index is 0.0138. The number of aryl methyl sites for hydroxylation is 1. The van der Waals surface area contributed by atoms with Gasteiger partial charge in [-0.25, -0.2) is 26.9 Å². The van der Waals surface area contributed by atoms with Crippen LogP contribution in [0.2, 0.25) is 0 Å². The summed E-state index contributed by atoms with van der Waals surface area (Å²) in [5.41, 5.74) is -1.39. The molecule has 0 fully saturated rings. The van der Waals surface area contributed by atoms with E-state index in [0.717, 1.165) is 0 Å². The Bertz CT molecular complexity index is 881. The molecule has 3 nitrogen and oxygen atoms in total. The highest BCUT2D eigenvalue weighted by Gasteiger charge is 2.43. The second-order valence-corrected chi connectivity index (χ2v) is 5.06. The Hall–Kier alpha value is -2.77. The van der Waals surface area contributed by atoms with E-state index in [1.807, 2.05) is 0 Å². The average molecular weight is 341 g/mol. The van der Waals surface area contributed by atoms with Crippen LogP contribution in [0.15, 0.2) is 18.2 Å². The summed E-state index contributed by atoms with van der Waals surface area (Å²) in [6.07, 6.45) is 0.340. The summed E-state index contributed by atoms with van der Waals surface area (Å²) in [7, 11) is 0. The van der Waals surface area contributed by atoms with Crippen molar-refractivity contribution in [2.45, 2.75) is 13.3 Å². The fraction of sp³-hybridized carbons (Fsp3) is 0.125. The molecule has 2 amide bonds. The van der Waals surface area contributed by atoms with E-state index in [1.54, 1.807) is 6.92 Å². The number of hydrogen-bond acceptors (Lipinski definition) is 2. The van der Waals surface area contributed by atoms with Gasteiger partial charge in [-0.15, -0.1) is 0 Å². The number of nitrogens with zero attached hydrogens (tertiary/aromatic N) is 1. The highest BCUT2D eigenvalue weighted by atomic mass is 19.2. The maximum Gasteiger partial charge on any atom is 0.266 e. The number of amides is 2. The van der Waals surface area contributed by atoms with Crippen molar-refractivity contribution < 1.29 is 31.5 Å². The SMILES string of the molecule is CCc1cccc2c1C(=O)N(c1c(F)c(F)c(F)c(F)c1F)C2=O. The van der Waals surface area contributed by atoms with Gasteiger partial charge in [0.05, 0.1) is 11.1 Å². The minimum Gasteiger partial charge on any atom is -0.268 e. The lowest BCUT2D eigenvalue weighted by molar-refractivity contribution is 0.0922. The van der Waals surface area contributed by atoms with Gasteiger partial charge in [-0.2, -0.15) is 0 Å². The number of benzene rings is 2. The van der Waals surface area contributed by atoms with Gasteiger partial charge in [-0.1, -0.05) is 19.1 Å². The topological polar surface area (TPSA) is 37.4 Å². The molecule has 1 aliphatic rings. The summed E-state index contributed by atoms with van der Waals surface area (Å²) < 4.78 is 67.8. The van der Waals surface area contributed by atoms with Crippen molar-refractivity contribution in [3.63, 3.8) is 0 Å². The smallest absolute Gasteiger partial charge is 0.266 e. The van der Waals surface area contributed by atoms with E-state index in [4.69, 9.17) is 0 Å². The Morgan fingerprint density at radius 1 is 0.833 bits per heavy atom. The predicted octanol–water partition coefficient (Wildman–Crippen LogP) is 3.75. The highest BCUT2D eigenvalue weighted by molar-refractivity contribution is 6.35. The maximum atomic E-state index is 13.9. The zero-order chi connectivity index (χ0) is 17.8. The Balaban J connectivity index is 2.28. The number of anilines is 1. The van der Waals surface area contributed by atoms with Crippen molar-refractivity contribution in [2.24, 2.45) is 0 Å².